The fraction of sp³-hybridized carbons (Fsp3) is 0.308. The van der Waals surface area contributed by atoms with Crippen molar-refractivity contribution < 1.29 is 5.11 Å². The maximum Gasteiger partial charge on any atom is 0.279 e. The second-order valence-electron chi connectivity index (χ2n) is 4.91. The van der Waals surface area contributed by atoms with Crippen LogP contribution < -0.4 is 11.1 Å². The second-order valence-corrected chi connectivity index (χ2v) is 5.87. The number of H-pyrrole nitrogens is 2. The van der Waals surface area contributed by atoms with E-state index in [9.17, 15) is 9.59 Å². The van der Waals surface area contributed by atoms with Crippen LogP contribution in [0.4, 0.5) is 0 Å². The second kappa shape index (κ2) is 5.97. The van der Waals surface area contributed by atoms with E-state index in [1.807, 2.05) is 6.92 Å². The SMILES string of the molecule is Cc1c2nc(SCc3cc(=O)[nH]c(CO)n3)[nH]c(=O)c2nn1C. The van der Waals surface area contributed by atoms with Crippen molar-refractivity contribution >= 4 is 22.8 Å². The van der Waals surface area contributed by atoms with Gasteiger partial charge in [0, 0.05) is 18.9 Å². The number of nitrogens with zero attached hydrogens (tertiary/aromatic N) is 4. The van der Waals surface area contributed by atoms with Crippen molar-refractivity contribution in [1.82, 2.24) is 29.7 Å². The van der Waals surface area contributed by atoms with E-state index in [1.54, 1.807) is 11.7 Å². The molecule has 10 heteroatoms. The van der Waals surface area contributed by atoms with E-state index >= 15 is 0 Å². The molecule has 3 N–H and O–H groups in total. The third kappa shape index (κ3) is 3.03. The molecule has 0 aliphatic carbocycles. The lowest BCUT2D eigenvalue weighted by molar-refractivity contribution is 0.270. The van der Waals surface area contributed by atoms with Crippen LogP contribution in [0.15, 0.2) is 20.8 Å². The molecule has 0 bridgehead atoms. The Morgan fingerprint density at radius 1 is 1.26 bits per heavy atom. The van der Waals surface area contributed by atoms with E-state index in [2.05, 4.69) is 25.0 Å². The predicted octanol–water partition coefficient (Wildman–Crippen LogP) is -0.167. The van der Waals surface area contributed by atoms with Crippen molar-refractivity contribution in [3.63, 3.8) is 0 Å². The lowest BCUT2D eigenvalue weighted by Crippen LogP contribution is -2.13. The lowest BCUT2D eigenvalue weighted by atomic mass is 10.4. The molecule has 0 atom stereocenters. The van der Waals surface area contributed by atoms with Gasteiger partial charge in [-0.3, -0.25) is 19.3 Å². The molecular weight excluding hydrogens is 320 g/mol. The monoisotopic (exact) mass is 334 g/mol. The zero-order chi connectivity index (χ0) is 16.6. The molecule has 0 aliphatic rings. The van der Waals surface area contributed by atoms with Gasteiger partial charge in [-0.1, -0.05) is 11.8 Å². The predicted molar refractivity (Wildman–Crippen MR) is 84.2 cm³/mol. The van der Waals surface area contributed by atoms with E-state index in [1.165, 1.54) is 17.8 Å². The van der Waals surface area contributed by atoms with Crippen LogP contribution in [-0.4, -0.2) is 34.8 Å². The quantitative estimate of drug-likeness (QED) is 0.446. The fourth-order valence-corrected chi connectivity index (χ4v) is 2.85. The smallest absolute Gasteiger partial charge is 0.279 e. The molecule has 0 unspecified atom stereocenters. The van der Waals surface area contributed by atoms with E-state index in [-0.39, 0.29) is 23.5 Å². The minimum absolute atomic E-state index is 0.202. The largest absolute Gasteiger partial charge is 0.388 e. The van der Waals surface area contributed by atoms with Crippen LogP contribution in [0.1, 0.15) is 17.2 Å². The van der Waals surface area contributed by atoms with E-state index in [4.69, 9.17) is 5.11 Å². The number of hydrogen-bond acceptors (Lipinski definition) is 7. The number of thioether (sulfide) groups is 1. The van der Waals surface area contributed by atoms with Crippen molar-refractivity contribution in [3.8, 4) is 0 Å². The zero-order valence-corrected chi connectivity index (χ0v) is 13.3. The average Bonchev–Trinajstić information content (AvgIpc) is 2.81. The number of aryl methyl sites for hydroxylation is 2. The van der Waals surface area contributed by atoms with Crippen LogP contribution in [0.5, 0.6) is 0 Å². The molecule has 3 aromatic rings. The Morgan fingerprint density at radius 3 is 2.78 bits per heavy atom. The zero-order valence-electron chi connectivity index (χ0n) is 12.5. The molecule has 3 heterocycles. The molecule has 9 nitrogen and oxygen atoms in total. The first-order chi connectivity index (χ1) is 11.0. The number of fused-ring (bicyclic) bond motifs is 1. The number of aromatic nitrogens is 6. The molecule has 0 saturated carbocycles. The summed E-state index contributed by atoms with van der Waals surface area (Å²) < 4.78 is 1.60. The van der Waals surface area contributed by atoms with Crippen LogP contribution in [0, 0.1) is 6.92 Å². The fourth-order valence-electron chi connectivity index (χ4n) is 2.09. The first-order valence-corrected chi connectivity index (χ1v) is 7.73. The maximum atomic E-state index is 12.0. The number of aromatic amines is 2. The Hall–Kier alpha value is -2.46. The highest BCUT2D eigenvalue weighted by molar-refractivity contribution is 7.98. The van der Waals surface area contributed by atoms with Gasteiger partial charge in [-0.25, -0.2) is 9.97 Å². The average molecular weight is 334 g/mol. The van der Waals surface area contributed by atoms with Gasteiger partial charge in [0.05, 0.1) is 11.4 Å². The number of rotatable bonds is 4. The first kappa shape index (κ1) is 15.4. The van der Waals surface area contributed by atoms with Gasteiger partial charge in [0.1, 0.15) is 17.9 Å². The highest BCUT2D eigenvalue weighted by atomic mass is 32.2. The van der Waals surface area contributed by atoms with Gasteiger partial charge in [0.25, 0.3) is 11.1 Å². The van der Waals surface area contributed by atoms with Crippen LogP contribution in [0.25, 0.3) is 11.0 Å². The third-order valence-corrected chi connectivity index (χ3v) is 4.21. The number of aliphatic hydroxyl groups excluding tert-OH is 1. The minimum atomic E-state index is -0.344. The molecule has 0 saturated heterocycles. The highest BCUT2D eigenvalue weighted by Crippen LogP contribution is 2.19. The summed E-state index contributed by atoms with van der Waals surface area (Å²) in [4.78, 5) is 37.1. The maximum absolute atomic E-state index is 12.0. The van der Waals surface area contributed by atoms with Gasteiger partial charge in [0.2, 0.25) is 0 Å². The number of aliphatic hydroxyl groups is 1. The summed E-state index contributed by atoms with van der Waals surface area (Å²) >= 11 is 1.25. The van der Waals surface area contributed by atoms with Crippen LogP contribution in [-0.2, 0) is 19.4 Å². The van der Waals surface area contributed by atoms with Crippen molar-refractivity contribution in [3.05, 3.63) is 44.0 Å². The Bertz CT molecular complexity index is 990. The molecule has 23 heavy (non-hydrogen) atoms. The van der Waals surface area contributed by atoms with Crippen molar-refractivity contribution in [2.75, 3.05) is 0 Å². The number of hydrogen-bond donors (Lipinski definition) is 3. The summed E-state index contributed by atoms with van der Waals surface area (Å²) in [5, 5.41) is 13.6. The molecule has 0 aliphatic heterocycles. The highest BCUT2D eigenvalue weighted by Gasteiger charge is 2.12. The molecule has 120 valence electrons. The van der Waals surface area contributed by atoms with Crippen molar-refractivity contribution in [2.45, 2.75) is 24.4 Å². The van der Waals surface area contributed by atoms with Crippen LogP contribution in [0.3, 0.4) is 0 Å². The summed E-state index contributed by atoms with van der Waals surface area (Å²) in [5.74, 6) is 0.540. The van der Waals surface area contributed by atoms with Gasteiger partial charge in [-0.2, -0.15) is 5.10 Å². The van der Waals surface area contributed by atoms with Gasteiger partial charge in [-0.15, -0.1) is 0 Å². The molecule has 0 spiro atoms. The molecule has 0 aromatic carbocycles. The topological polar surface area (TPSA) is 130 Å². The lowest BCUT2D eigenvalue weighted by Gasteiger charge is -2.02. The third-order valence-electron chi connectivity index (χ3n) is 3.30. The first-order valence-electron chi connectivity index (χ1n) is 6.74. The van der Waals surface area contributed by atoms with Gasteiger partial charge in [0.15, 0.2) is 10.7 Å². The van der Waals surface area contributed by atoms with Crippen LogP contribution >= 0.6 is 11.8 Å². The normalized spacial score (nSPS) is 11.3. The minimum Gasteiger partial charge on any atom is -0.388 e. The van der Waals surface area contributed by atoms with Gasteiger partial charge >= 0.3 is 0 Å². The molecule has 0 fully saturated rings. The molecular formula is C13H14N6O3S. The van der Waals surface area contributed by atoms with Crippen LogP contribution in [0.2, 0.25) is 0 Å². The van der Waals surface area contributed by atoms with Crippen molar-refractivity contribution in [2.24, 2.45) is 7.05 Å². The molecule has 0 amide bonds. The van der Waals surface area contributed by atoms with E-state index in [0.717, 1.165) is 5.69 Å². The molecule has 0 radical (unpaired) electrons. The van der Waals surface area contributed by atoms with Gasteiger partial charge < -0.3 is 10.1 Å². The standard InChI is InChI=1S/C13H14N6O3S/c1-6-10-11(18-19(6)2)12(22)17-13(16-10)23-5-7-3-9(21)15-8(4-20)14-7/h3,20H,4-5H2,1-2H3,(H,14,15,21)(H,16,17,22). The number of nitrogens with one attached hydrogen (secondary N) is 2. The molecule has 3 aromatic heterocycles. The van der Waals surface area contributed by atoms with Gasteiger partial charge in [-0.05, 0) is 6.92 Å². The van der Waals surface area contributed by atoms with E-state index < -0.39 is 0 Å². The Labute approximate surface area is 133 Å². The summed E-state index contributed by atoms with van der Waals surface area (Å²) in [6, 6.07) is 1.35. The summed E-state index contributed by atoms with van der Waals surface area (Å²) in [6.45, 7) is 1.49. The summed E-state index contributed by atoms with van der Waals surface area (Å²) in [7, 11) is 1.75. The van der Waals surface area contributed by atoms with E-state index in [0.29, 0.717) is 27.6 Å². The summed E-state index contributed by atoms with van der Waals surface area (Å²) in [6.07, 6.45) is 0. The Balaban J connectivity index is 1.90. The molecule has 3 rings (SSSR count). The Kier molecular flexibility index (Phi) is 4.01. The summed E-state index contributed by atoms with van der Waals surface area (Å²) in [5.41, 5.74) is 1.49. The van der Waals surface area contributed by atoms with Crippen molar-refractivity contribution in [1.29, 1.82) is 0 Å². The Morgan fingerprint density at radius 2 is 2.04 bits per heavy atom.